The van der Waals surface area contributed by atoms with Crippen LogP contribution in [0.2, 0.25) is 5.02 Å². The highest BCUT2D eigenvalue weighted by molar-refractivity contribution is 7.91. The van der Waals surface area contributed by atoms with Gasteiger partial charge < -0.3 is 5.32 Å². The zero-order valence-corrected chi connectivity index (χ0v) is 14.5. The molecule has 1 atom stereocenters. The molecule has 118 valence electrons. The highest BCUT2D eigenvalue weighted by atomic mass is 35.5. The lowest BCUT2D eigenvalue weighted by molar-refractivity contribution is 0.272. The molecule has 1 aliphatic heterocycles. The average Bonchev–Trinajstić information content (AvgIpc) is 2.95. The minimum absolute atomic E-state index is 0.283. The summed E-state index contributed by atoms with van der Waals surface area (Å²) in [4.78, 5) is 0. The Bertz CT molecular complexity index is 773. The normalized spacial score (nSPS) is 20.2. The van der Waals surface area contributed by atoms with Crippen LogP contribution in [0, 0.1) is 6.92 Å². The predicted molar refractivity (Wildman–Crippen MR) is 90.0 cm³/mol. The molecule has 0 bridgehead atoms. The topological polar surface area (TPSA) is 49.4 Å². The Morgan fingerprint density at radius 1 is 1.32 bits per heavy atom. The van der Waals surface area contributed by atoms with Gasteiger partial charge in [-0.15, -0.1) is 11.3 Å². The van der Waals surface area contributed by atoms with Gasteiger partial charge in [-0.1, -0.05) is 29.8 Å². The lowest BCUT2D eigenvalue weighted by Gasteiger charge is -2.35. The lowest BCUT2D eigenvalue weighted by atomic mass is 10.1. The van der Waals surface area contributed by atoms with Crippen LogP contribution >= 0.6 is 22.9 Å². The molecule has 0 saturated carbocycles. The summed E-state index contributed by atoms with van der Waals surface area (Å²) in [6, 6.07) is 8.98. The van der Waals surface area contributed by atoms with E-state index in [0.717, 1.165) is 11.1 Å². The molecule has 1 N–H and O–H groups in total. The maximum absolute atomic E-state index is 13.0. The van der Waals surface area contributed by atoms with Gasteiger partial charge in [0.1, 0.15) is 4.21 Å². The third-order valence-corrected chi connectivity index (χ3v) is 7.73. The molecule has 7 heteroatoms. The van der Waals surface area contributed by atoms with Crippen LogP contribution in [0.5, 0.6) is 0 Å². The molecular formula is C15H17ClN2O2S2. The summed E-state index contributed by atoms with van der Waals surface area (Å²) >= 11 is 7.55. The van der Waals surface area contributed by atoms with Gasteiger partial charge in [-0.05, 0) is 35.6 Å². The van der Waals surface area contributed by atoms with Crippen molar-refractivity contribution in [3.8, 4) is 0 Å². The molecule has 2 heterocycles. The first-order valence-electron chi connectivity index (χ1n) is 7.03. The van der Waals surface area contributed by atoms with Crippen molar-refractivity contribution >= 4 is 33.0 Å². The number of sulfonamides is 1. The molecular weight excluding hydrogens is 340 g/mol. The van der Waals surface area contributed by atoms with Crippen molar-refractivity contribution in [2.75, 3.05) is 19.6 Å². The highest BCUT2D eigenvalue weighted by Gasteiger charge is 2.36. The zero-order valence-electron chi connectivity index (χ0n) is 12.1. The molecule has 2 aromatic rings. The molecule has 0 spiro atoms. The smallest absolute Gasteiger partial charge is 0.253 e. The van der Waals surface area contributed by atoms with Gasteiger partial charge in [-0.25, -0.2) is 8.42 Å². The lowest BCUT2D eigenvalue weighted by Crippen LogP contribution is -2.48. The number of halogens is 1. The van der Waals surface area contributed by atoms with E-state index in [-0.39, 0.29) is 6.04 Å². The van der Waals surface area contributed by atoms with Gasteiger partial charge in [0, 0.05) is 24.7 Å². The first-order chi connectivity index (χ1) is 10.5. The number of piperazine rings is 1. The molecule has 22 heavy (non-hydrogen) atoms. The van der Waals surface area contributed by atoms with Gasteiger partial charge in [-0.3, -0.25) is 0 Å². The Balaban J connectivity index is 2.04. The maximum Gasteiger partial charge on any atom is 0.253 e. The maximum atomic E-state index is 13.0. The Morgan fingerprint density at radius 2 is 2.09 bits per heavy atom. The molecule has 1 unspecified atom stereocenters. The number of rotatable bonds is 3. The second-order valence-electron chi connectivity index (χ2n) is 5.25. The molecule has 4 nitrogen and oxygen atoms in total. The Labute approximate surface area is 139 Å². The van der Waals surface area contributed by atoms with Gasteiger partial charge in [0.05, 0.1) is 6.04 Å². The summed E-state index contributed by atoms with van der Waals surface area (Å²) in [5, 5.41) is 5.67. The third kappa shape index (κ3) is 2.81. The Morgan fingerprint density at radius 3 is 2.77 bits per heavy atom. The molecule has 1 aromatic carbocycles. The van der Waals surface area contributed by atoms with E-state index in [9.17, 15) is 8.42 Å². The first-order valence-corrected chi connectivity index (χ1v) is 9.72. The van der Waals surface area contributed by atoms with Crippen LogP contribution in [0.4, 0.5) is 0 Å². The summed E-state index contributed by atoms with van der Waals surface area (Å²) in [6.07, 6.45) is 0. The number of hydrogen-bond donors (Lipinski definition) is 1. The second kappa shape index (κ2) is 6.29. The number of thiophene rings is 1. The van der Waals surface area contributed by atoms with Crippen molar-refractivity contribution in [2.45, 2.75) is 17.2 Å². The quantitative estimate of drug-likeness (QED) is 0.919. The molecule has 0 amide bonds. The van der Waals surface area contributed by atoms with Crippen molar-refractivity contribution < 1.29 is 8.42 Å². The molecule has 1 aromatic heterocycles. The minimum Gasteiger partial charge on any atom is -0.313 e. The summed E-state index contributed by atoms with van der Waals surface area (Å²) in [5.74, 6) is 0. The van der Waals surface area contributed by atoms with Crippen LogP contribution in [0.3, 0.4) is 0 Å². The second-order valence-corrected chi connectivity index (χ2v) is 8.66. The standard InChI is InChI=1S/C15H17ClN2O2S2/c1-11-6-9-21-15(11)22(19,20)18-8-7-17-10-14(18)12-4-2-3-5-13(12)16/h2-6,9,14,17H,7-8,10H2,1H3. The summed E-state index contributed by atoms with van der Waals surface area (Å²) in [6.45, 7) is 3.48. The highest BCUT2D eigenvalue weighted by Crippen LogP contribution is 2.35. The van der Waals surface area contributed by atoms with Crippen molar-refractivity contribution in [1.29, 1.82) is 0 Å². The van der Waals surface area contributed by atoms with Gasteiger partial charge in [0.2, 0.25) is 0 Å². The zero-order chi connectivity index (χ0) is 15.7. The Hall–Kier alpha value is -0.920. The van der Waals surface area contributed by atoms with E-state index in [2.05, 4.69) is 5.32 Å². The van der Waals surface area contributed by atoms with E-state index in [1.165, 1.54) is 11.3 Å². The van der Waals surface area contributed by atoms with Crippen LogP contribution in [-0.2, 0) is 10.0 Å². The van der Waals surface area contributed by atoms with E-state index >= 15 is 0 Å². The van der Waals surface area contributed by atoms with Crippen LogP contribution < -0.4 is 5.32 Å². The van der Waals surface area contributed by atoms with Crippen LogP contribution in [0.15, 0.2) is 39.9 Å². The third-order valence-electron chi connectivity index (χ3n) is 3.82. The van der Waals surface area contributed by atoms with Gasteiger partial charge in [0.15, 0.2) is 0 Å². The molecule has 1 fully saturated rings. The number of hydrogen-bond acceptors (Lipinski definition) is 4. The summed E-state index contributed by atoms with van der Waals surface area (Å²) in [7, 11) is -3.51. The van der Waals surface area contributed by atoms with E-state index in [1.54, 1.807) is 10.4 Å². The number of benzene rings is 1. The Kier molecular flexibility index (Phi) is 4.56. The van der Waals surface area contributed by atoms with E-state index < -0.39 is 10.0 Å². The van der Waals surface area contributed by atoms with Crippen molar-refractivity contribution in [1.82, 2.24) is 9.62 Å². The largest absolute Gasteiger partial charge is 0.313 e. The van der Waals surface area contributed by atoms with Crippen LogP contribution in [0.1, 0.15) is 17.2 Å². The van der Waals surface area contributed by atoms with E-state index in [4.69, 9.17) is 11.6 Å². The van der Waals surface area contributed by atoms with Crippen molar-refractivity contribution in [2.24, 2.45) is 0 Å². The molecule has 0 radical (unpaired) electrons. The fourth-order valence-corrected chi connectivity index (χ4v) is 6.11. The van der Waals surface area contributed by atoms with Crippen molar-refractivity contribution in [3.05, 3.63) is 51.9 Å². The summed E-state index contributed by atoms with van der Waals surface area (Å²) < 4.78 is 28.1. The van der Waals surface area contributed by atoms with Gasteiger partial charge in [0.25, 0.3) is 10.0 Å². The van der Waals surface area contributed by atoms with E-state index in [0.29, 0.717) is 28.9 Å². The van der Waals surface area contributed by atoms with Crippen LogP contribution in [0.25, 0.3) is 0 Å². The molecule has 3 rings (SSSR count). The SMILES string of the molecule is Cc1ccsc1S(=O)(=O)N1CCNCC1c1ccccc1Cl. The first kappa shape index (κ1) is 16.0. The predicted octanol–water partition coefficient (Wildman–Crippen LogP) is 3.05. The molecule has 1 saturated heterocycles. The number of nitrogens with zero attached hydrogens (tertiary/aromatic N) is 1. The fourth-order valence-electron chi connectivity index (χ4n) is 2.71. The molecule has 1 aliphatic rings. The fraction of sp³-hybridized carbons (Fsp3) is 0.333. The monoisotopic (exact) mass is 356 g/mol. The average molecular weight is 357 g/mol. The summed E-state index contributed by atoms with van der Waals surface area (Å²) in [5.41, 5.74) is 1.63. The molecule has 0 aliphatic carbocycles. The van der Waals surface area contributed by atoms with Gasteiger partial charge >= 0.3 is 0 Å². The minimum atomic E-state index is -3.51. The van der Waals surface area contributed by atoms with E-state index in [1.807, 2.05) is 36.6 Å². The number of nitrogens with one attached hydrogen (secondary N) is 1. The number of aryl methyl sites for hydroxylation is 1. The van der Waals surface area contributed by atoms with Gasteiger partial charge in [-0.2, -0.15) is 4.31 Å². The van der Waals surface area contributed by atoms with Crippen LogP contribution in [-0.4, -0.2) is 32.4 Å². The van der Waals surface area contributed by atoms with Crippen molar-refractivity contribution in [3.63, 3.8) is 0 Å².